The molecule has 4 N–H and O–H groups in total. The lowest BCUT2D eigenvalue weighted by molar-refractivity contribution is 0.0951. The van der Waals surface area contributed by atoms with Gasteiger partial charge in [0.05, 0.1) is 5.56 Å². The summed E-state index contributed by atoms with van der Waals surface area (Å²) in [5.74, 6) is -3.10. The number of nitrogens with two attached hydrogens (primary N) is 1. The van der Waals surface area contributed by atoms with Gasteiger partial charge in [-0.1, -0.05) is 17.4 Å². The molecule has 10 heteroatoms. The number of thiazole rings is 1. The second-order valence-corrected chi connectivity index (χ2v) is 8.27. The Bertz CT molecular complexity index is 1100. The molecule has 0 radical (unpaired) electrons. The Morgan fingerprint density at radius 2 is 1.75 bits per heavy atom. The van der Waals surface area contributed by atoms with E-state index in [-0.39, 0.29) is 21.7 Å². The van der Waals surface area contributed by atoms with E-state index in [9.17, 15) is 18.4 Å². The minimum atomic E-state index is -0.965. The lowest BCUT2D eigenvalue weighted by atomic mass is 10.1. The van der Waals surface area contributed by atoms with Crippen molar-refractivity contribution in [3.05, 3.63) is 70.1 Å². The summed E-state index contributed by atoms with van der Waals surface area (Å²) < 4.78 is 27.9. The molecule has 1 amide bonds. The number of benzene rings is 2. The first-order valence-electron chi connectivity index (χ1n) is 9.81. The van der Waals surface area contributed by atoms with Crippen molar-refractivity contribution in [2.24, 2.45) is 0 Å². The van der Waals surface area contributed by atoms with Gasteiger partial charge in [0, 0.05) is 17.8 Å². The largest absolute Gasteiger partial charge is 0.382 e. The molecular formula is C22H23F2N5O2S. The molecule has 3 aromatic rings. The van der Waals surface area contributed by atoms with E-state index in [1.54, 1.807) is 24.3 Å². The van der Waals surface area contributed by atoms with E-state index >= 15 is 0 Å². The molecule has 0 saturated carbocycles. The second-order valence-electron chi connectivity index (χ2n) is 7.27. The minimum absolute atomic E-state index is 0.0646. The summed E-state index contributed by atoms with van der Waals surface area (Å²) in [6.45, 7) is 1.46. The van der Waals surface area contributed by atoms with Gasteiger partial charge in [-0.2, -0.15) is 0 Å². The molecule has 0 aliphatic heterocycles. The molecular weight excluding hydrogens is 436 g/mol. The maximum absolute atomic E-state index is 13.9. The summed E-state index contributed by atoms with van der Waals surface area (Å²) in [7, 11) is 3.95. The van der Waals surface area contributed by atoms with Crippen molar-refractivity contribution < 1.29 is 18.4 Å². The highest BCUT2D eigenvalue weighted by Crippen LogP contribution is 2.31. The lowest BCUT2D eigenvalue weighted by Crippen LogP contribution is -2.27. The first kappa shape index (κ1) is 23.3. The Labute approximate surface area is 188 Å². The van der Waals surface area contributed by atoms with Gasteiger partial charge in [-0.25, -0.2) is 13.8 Å². The van der Waals surface area contributed by atoms with Gasteiger partial charge in [-0.05, 0) is 63.5 Å². The fourth-order valence-corrected chi connectivity index (χ4v) is 3.76. The number of nitrogens with one attached hydrogen (secondary N) is 2. The van der Waals surface area contributed by atoms with E-state index in [4.69, 9.17) is 5.73 Å². The zero-order chi connectivity index (χ0) is 23.3. The van der Waals surface area contributed by atoms with Crippen LogP contribution in [0.25, 0.3) is 0 Å². The predicted molar refractivity (Wildman–Crippen MR) is 122 cm³/mol. The van der Waals surface area contributed by atoms with Crippen LogP contribution in [0, 0.1) is 11.6 Å². The van der Waals surface area contributed by atoms with Crippen LogP contribution < -0.4 is 16.4 Å². The van der Waals surface area contributed by atoms with Crippen LogP contribution in [0.15, 0.2) is 42.5 Å². The standard InChI is InChI=1S/C22H23F2N5O2S/c1-29(2)12-4-11-26-21(31)13-7-9-14(10-8-13)27-22-28-20(25)19(32-22)18(30)17-15(23)5-3-6-16(17)24/h3,5-10H,4,11-12,25H2,1-2H3,(H,26,31)(H,27,28). The monoisotopic (exact) mass is 459 g/mol. The smallest absolute Gasteiger partial charge is 0.251 e. The van der Waals surface area contributed by atoms with Crippen LogP contribution in [0.2, 0.25) is 0 Å². The predicted octanol–water partition coefficient (Wildman–Crippen LogP) is 3.66. The number of halogens is 2. The number of nitrogen functional groups attached to an aromatic ring is 1. The number of carbonyl (C=O) groups excluding carboxylic acids is 2. The topological polar surface area (TPSA) is 100 Å². The number of carbonyl (C=O) groups is 2. The highest BCUT2D eigenvalue weighted by Gasteiger charge is 2.24. The first-order chi connectivity index (χ1) is 15.3. The zero-order valence-electron chi connectivity index (χ0n) is 17.6. The fraction of sp³-hybridized carbons (Fsp3) is 0.227. The number of hydrogen-bond acceptors (Lipinski definition) is 7. The summed E-state index contributed by atoms with van der Waals surface area (Å²) in [5.41, 5.74) is 6.26. The van der Waals surface area contributed by atoms with Gasteiger partial charge < -0.3 is 21.3 Å². The molecule has 1 heterocycles. The highest BCUT2D eigenvalue weighted by molar-refractivity contribution is 7.18. The maximum Gasteiger partial charge on any atom is 0.251 e. The third-order valence-corrected chi connectivity index (χ3v) is 5.50. The van der Waals surface area contributed by atoms with Crippen LogP contribution in [0.5, 0.6) is 0 Å². The molecule has 168 valence electrons. The van der Waals surface area contributed by atoms with Crippen LogP contribution in [-0.4, -0.2) is 48.8 Å². The van der Waals surface area contributed by atoms with Crippen molar-refractivity contribution in [2.45, 2.75) is 6.42 Å². The Kier molecular flexibility index (Phi) is 7.49. The summed E-state index contributed by atoms with van der Waals surface area (Å²) >= 11 is 0.888. The first-order valence-corrected chi connectivity index (χ1v) is 10.6. The van der Waals surface area contributed by atoms with Crippen molar-refractivity contribution in [1.29, 1.82) is 0 Å². The number of amides is 1. The van der Waals surface area contributed by atoms with Crippen LogP contribution in [0.3, 0.4) is 0 Å². The Morgan fingerprint density at radius 1 is 1.09 bits per heavy atom. The number of ketones is 1. The van der Waals surface area contributed by atoms with Gasteiger partial charge in [0.1, 0.15) is 22.3 Å². The van der Waals surface area contributed by atoms with E-state index < -0.39 is 23.0 Å². The number of hydrogen-bond donors (Lipinski definition) is 3. The van der Waals surface area contributed by atoms with Crippen molar-refractivity contribution in [2.75, 3.05) is 38.2 Å². The van der Waals surface area contributed by atoms with Crippen LogP contribution in [-0.2, 0) is 0 Å². The third-order valence-electron chi connectivity index (χ3n) is 4.52. The SMILES string of the molecule is CN(C)CCCNC(=O)c1ccc(Nc2nc(N)c(C(=O)c3c(F)cccc3F)s2)cc1. The molecule has 0 bridgehead atoms. The summed E-state index contributed by atoms with van der Waals surface area (Å²) in [5, 5.41) is 6.12. The maximum atomic E-state index is 13.9. The van der Waals surface area contributed by atoms with Gasteiger partial charge >= 0.3 is 0 Å². The lowest BCUT2D eigenvalue weighted by Gasteiger charge is -2.10. The normalized spacial score (nSPS) is 10.9. The molecule has 2 aromatic carbocycles. The van der Waals surface area contributed by atoms with E-state index in [1.165, 1.54) is 6.07 Å². The molecule has 0 aliphatic rings. The molecule has 0 saturated heterocycles. The van der Waals surface area contributed by atoms with Gasteiger partial charge in [0.2, 0.25) is 5.78 Å². The molecule has 3 rings (SSSR count). The van der Waals surface area contributed by atoms with E-state index in [1.807, 2.05) is 19.0 Å². The van der Waals surface area contributed by atoms with Crippen LogP contribution >= 0.6 is 11.3 Å². The van der Waals surface area contributed by atoms with Crippen LogP contribution in [0.1, 0.15) is 32.0 Å². The van der Waals surface area contributed by atoms with Gasteiger partial charge in [-0.3, -0.25) is 9.59 Å². The Balaban J connectivity index is 1.66. The van der Waals surface area contributed by atoms with E-state index in [2.05, 4.69) is 15.6 Å². The van der Waals surface area contributed by atoms with E-state index in [0.29, 0.717) is 17.8 Å². The summed E-state index contributed by atoms with van der Waals surface area (Å²) in [4.78, 5) is 30.8. The molecule has 0 spiro atoms. The molecule has 0 unspecified atom stereocenters. The fourth-order valence-electron chi connectivity index (χ4n) is 2.90. The van der Waals surface area contributed by atoms with Crippen LogP contribution in [0.4, 0.5) is 25.4 Å². The number of rotatable bonds is 9. The number of anilines is 3. The second kappa shape index (κ2) is 10.3. The van der Waals surface area contributed by atoms with Gasteiger partial charge in [0.25, 0.3) is 5.91 Å². The zero-order valence-corrected chi connectivity index (χ0v) is 18.4. The average molecular weight is 460 g/mol. The molecule has 32 heavy (non-hydrogen) atoms. The van der Waals surface area contributed by atoms with Crippen molar-refractivity contribution in [3.8, 4) is 0 Å². The molecule has 0 fully saturated rings. The average Bonchev–Trinajstić information content (AvgIpc) is 3.11. The quantitative estimate of drug-likeness (QED) is 0.334. The Morgan fingerprint density at radius 3 is 2.38 bits per heavy atom. The van der Waals surface area contributed by atoms with Gasteiger partial charge in [-0.15, -0.1) is 0 Å². The Hall–Kier alpha value is -3.37. The van der Waals surface area contributed by atoms with Crippen molar-refractivity contribution >= 4 is 39.7 Å². The molecule has 1 aromatic heterocycles. The third kappa shape index (κ3) is 5.65. The number of nitrogens with zero attached hydrogens (tertiary/aromatic N) is 2. The van der Waals surface area contributed by atoms with Crippen molar-refractivity contribution in [3.63, 3.8) is 0 Å². The summed E-state index contributed by atoms with van der Waals surface area (Å²) in [6, 6.07) is 9.87. The molecule has 0 atom stereocenters. The van der Waals surface area contributed by atoms with E-state index in [0.717, 1.165) is 36.4 Å². The van der Waals surface area contributed by atoms with Crippen molar-refractivity contribution in [1.82, 2.24) is 15.2 Å². The number of aromatic nitrogens is 1. The highest BCUT2D eigenvalue weighted by atomic mass is 32.1. The van der Waals surface area contributed by atoms with Gasteiger partial charge in [0.15, 0.2) is 5.13 Å². The molecule has 0 aliphatic carbocycles. The summed E-state index contributed by atoms with van der Waals surface area (Å²) in [6.07, 6.45) is 0.849. The minimum Gasteiger partial charge on any atom is -0.382 e. The molecule has 7 nitrogen and oxygen atoms in total.